The Labute approximate surface area is 104 Å². The third kappa shape index (κ3) is 2.03. The molecule has 3 nitrogen and oxygen atoms in total. The van der Waals surface area contributed by atoms with Crippen LogP contribution in [0.1, 0.15) is 18.2 Å². The average molecular weight is 242 g/mol. The molecular formula is C14H11FN2O. The number of hydrogen-bond acceptors (Lipinski definition) is 2. The topological polar surface area (TPSA) is 45.8 Å². The Morgan fingerprint density at radius 1 is 1.22 bits per heavy atom. The third-order valence-electron chi connectivity index (χ3n) is 2.73. The van der Waals surface area contributed by atoms with Crippen LogP contribution in [0.25, 0.3) is 5.69 Å². The minimum Gasteiger partial charge on any atom is -0.280 e. The van der Waals surface area contributed by atoms with Crippen molar-refractivity contribution in [3.63, 3.8) is 0 Å². The molecule has 0 atom stereocenters. The second-order valence-electron chi connectivity index (χ2n) is 3.82. The van der Waals surface area contributed by atoms with Crippen molar-refractivity contribution >= 4 is 0 Å². The van der Waals surface area contributed by atoms with E-state index < -0.39 is 0 Å². The number of pyridine rings is 1. The third-order valence-corrected chi connectivity index (χ3v) is 2.73. The number of rotatable bonds is 2. The van der Waals surface area contributed by atoms with Crippen LogP contribution < -0.4 is 5.56 Å². The molecule has 0 N–H and O–H groups in total. The Hall–Kier alpha value is -2.41. The van der Waals surface area contributed by atoms with Crippen molar-refractivity contribution in [2.45, 2.75) is 13.3 Å². The van der Waals surface area contributed by atoms with Crippen molar-refractivity contribution in [1.29, 1.82) is 5.26 Å². The molecule has 0 fully saturated rings. The fourth-order valence-electron chi connectivity index (χ4n) is 1.81. The quantitative estimate of drug-likeness (QED) is 0.811. The van der Waals surface area contributed by atoms with Crippen LogP contribution in [0, 0.1) is 17.1 Å². The van der Waals surface area contributed by atoms with Gasteiger partial charge in [0.15, 0.2) is 0 Å². The molecule has 90 valence electrons. The summed E-state index contributed by atoms with van der Waals surface area (Å²) in [5.74, 6) is -0.360. The van der Waals surface area contributed by atoms with E-state index in [1.54, 1.807) is 6.07 Å². The summed E-state index contributed by atoms with van der Waals surface area (Å²) in [7, 11) is 0. The van der Waals surface area contributed by atoms with E-state index in [4.69, 9.17) is 5.26 Å². The Morgan fingerprint density at radius 3 is 2.44 bits per heavy atom. The Balaban J connectivity index is 2.73. The van der Waals surface area contributed by atoms with Gasteiger partial charge in [0, 0.05) is 11.4 Å². The maximum Gasteiger partial charge on any atom is 0.273 e. The highest BCUT2D eigenvalue weighted by atomic mass is 19.1. The van der Waals surface area contributed by atoms with Gasteiger partial charge < -0.3 is 0 Å². The minimum absolute atomic E-state index is 0.0801. The summed E-state index contributed by atoms with van der Waals surface area (Å²) in [4.78, 5) is 12.1. The van der Waals surface area contributed by atoms with Crippen LogP contribution in [0.4, 0.5) is 4.39 Å². The number of nitriles is 1. The fourth-order valence-corrected chi connectivity index (χ4v) is 1.81. The lowest BCUT2D eigenvalue weighted by Gasteiger charge is -2.11. The molecule has 2 aromatic rings. The van der Waals surface area contributed by atoms with E-state index in [1.165, 1.54) is 34.9 Å². The second-order valence-corrected chi connectivity index (χ2v) is 3.82. The predicted molar refractivity (Wildman–Crippen MR) is 66.1 cm³/mol. The summed E-state index contributed by atoms with van der Waals surface area (Å²) < 4.78 is 14.3. The van der Waals surface area contributed by atoms with Crippen LogP contribution in [-0.4, -0.2) is 4.57 Å². The van der Waals surface area contributed by atoms with E-state index in [-0.39, 0.29) is 16.9 Å². The zero-order valence-electron chi connectivity index (χ0n) is 9.85. The molecule has 1 aromatic heterocycles. The highest BCUT2D eigenvalue weighted by molar-refractivity contribution is 5.38. The van der Waals surface area contributed by atoms with Gasteiger partial charge in [-0.05, 0) is 42.8 Å². The molecule has 1 heterocycles. The lowest BCUT2D eigenvalue weighted by Crippen LogP contribution is -2.23. The van der Waals surface area contributed by atoms with E-state index in [0.717, 1.165) is 5.69 Å². The van der Waals surface area contributed by atoms with Crippen LogP contribution in [-0.2, 0) is 6.42 Å². The molecule has 0 bridgehead atoms. The minimum atomic E-state index is -0.372. The van der Waals surface area contributed by atoms with E-state index in [1.807, 2.05) is 13.0 Å². The summed E-state index contributed by atoms with van der Waals surface area (Å²) in [6.07, 6.45) is 0.651. The molecule has 0 amide bonds. The molecule has 0 aliphatic heterocycles. The summed E-state index contributed by atoms with van der Waals surface area (Å²) in [5.41, 5.74) is 1.06. The molecule has 0 radical (unpaired) electrons. The molecule has 4 heteroatoms. The fraction of sp³-hybridized carbons (Fsp3) is 0.143. The van der Waals surface area contributed by atoms with Gasteiger partial charge in [0.2, 0.25) is 0 Å². The summed E-state index contributed by atoms with van der Waals surface area (Å²) in [5, 5.41) is 8.87. The van der Waals surface area contributed by atoms with E-state index in [0.29, 0.717) is 12.1 Å². The van der Waals surface area contributed by atoms with Gasteiger partial charge in [-0.1, -0.05) is 6.92 Å². The Morgan fingerprint density at radius 2 is 1.89 bits per heavy atom. The molecule has 2 rings (SSSR count). The summed E-state index contributed by atoms with van der Waals surface area (Å²) in [6, 6.07) is 10.7. The van der Waals surface area contributed by atoms with Gasteiger partial charge in [-0.25, -0.2) is 4.39 Å². The maximum absolute atomic E-state index is 12.9. The normalized spacial score (nSPS) is 10.1. The number of aromatic nitrogens is 1. The lowest BCUT2D eigenvalue weighted by molar-refractivity contribution is 0.627. The Bertz CT molecular complexity index is 666. The van der Waals surface area contributed by atoms with Gasteiger partial charge >= 0.3 is 0 Å². The van der Waals surface area contributed by atoms with Gasteiger partial charge in [-0.3, -0.25) is 9.36 Å². The van der Waals surface area contributed by atoms with Gasteiger partial charge in [0.25, 0.3) is 5.56 Å². The number of nitrogens with zero attached hydrogens (tertiary/aromatic N) is 2. The van der Waals surface area contributed by atoms with Crippen LogP contribution in [0.15, 0.2) is 41.2 Å². The second kappa shape index (κ2) is 4.84. The van der Waals surface area contributed by atoms with E-state index in [9.17, 15) is 9.18 Å². The number of aryl methyl sites for hydroxylation is 1. The first-order valence-electron chi connectivity index (χ1n) is 5.58. The first-order valence-corrected chi connectivity index (χ1v) is 5.58. The molecule has 0 saturated carbocycles. The number of benzene rings is 1. The van der Waals surface area contributed by atoms with Crippen LogP contribution in [0.2, 0.25) is 0 Å². The average Bonchev–Trinajstić information content (AvgIpc) is 2.39. The highest BCUT2D eigenvalue weighted by Crippen LogP contribution is 2.11. The molecule has 0 spiro atoms. The van der Waals surface area contributed by atoms with Gasteiger partial charge in [0.1, 0.15) is 17.4 Å². The number of halogens is 1. The van der Waals surface area contributed by atoms with Crippen LogP contribution in [0.3, 0.4) is 0 Å². The van der Waals surface area contributed by atoms with Gasteiger partial charge in [0.05, 0.1) is 0 Å². The van der Waals surface area contributed by atoms with Crippen molar-refractivity contribution in [3.8, 4) is 11.8 Å². The molecule has 0 unspecified atom stereocenters. The SMILES string of the molecule is CCc1ccc(C#N)c(=O)n1-c1ccc(F)cc1. The van der Waals surface area contributed by atoms with E-state index >= 15 is 0 Å². The standard InChI is InChI=1S/C14H11FN2O/c1-2-12-6-3-10(9-16)14(18)17(12)13-7-4-11(15)5-8-13/h3-8H,2H2,1H3. The van der Waals surface area contributed by atoms with E-state index in [2.05, 4.69) is 0 Å². The Kier molecular flexibility index (Phi) is 3.24. The molecule has 0 saturated heterocycles. The van der Waals surface area contributed by atoms with Crippen LogP contribution in [0.5, 0.6) is 0 Å². The smallest absolute Gasteiger partial charge is 0.273 e. The van der Waals surface area contributed by atoms with Crippen LogP contribution >= 0.6 is 0 Å². The maximum atomic E-state index is 12.9. The summed E-state index contributed by atoms with van der Waals surface area (Å²) in [6.45, 7) is 1.92. The first-order chi connectivity index (χ1) is 8.67. The zero-order valence-corrected chi connectivity index (χ0v) is 9.85. The molecule has 0 aliphatic rings. The molecule has 0 aliphatic carbocycles. The predicted octanol–water partition coefficient (Wildman–Crippen LogP) is 2.41. The van der Waals surface area contributed by atoms with Crippen molar-refractivity contribution in [1.82, 2.24) is 4.57 Å². The number of hydrogen-bond donors (Lipinski definition) is 0. The van der Waals surface area contributed by atoms with Crippen molar-refractivity contribution < 1.29 is 4.39 Å². The first kappa shape index (κ1) is 12.1. The lowest BCUT2D eigenvalue weighted by atomic mass is 10.2. The summed E-state index contributed by atoms with van der Waals surface area (Å²) >= 11 is 0. The molecule has 18 heavy (non-hydrogen) atoms. The van der Waals surface area contributed by atoms with Crippen molar-refractivity contribution in [2.24, 2.45) is 0 Å². The molecular weight excluding hydrogens is 231 g/mol. The highest BCUT2D eigenvalue weighted by Gasteiger charge is 2.09. The van der Waals surface area contributed by atoms with Gasteiger partial charge in [-0.15, -0.1) is 0 Å². The van der Waals surface area contributed by atoms with Crippen molar-refractivity contribution in [3.05, 3.63) is 63.8 Å². The monoisotopic (exact) mass is 242 g/mol. The zero-order chi connectivity index (χ0) is 13.1. The molecule has 1 aromatic carbocycles. The largest absolute Gasteiger partial charge is 0.280 e. The van der Waals surface area contributed by atoms with Crippen molar-refractivity contribution in [2.75, 3.05) is 0 Å². The van der Waals surface area contributed by atoms with Gasteiger partial charge in [-0.2, -0.15) is 5.26 Å².